The number of anilines is 1. The van der Waals surface area contributed by atoms with E-state index < -0.39 is 23.2 Å². The Morgan fingerprint density at radius 3 is 2.25 bits per heavy atom. The Kier molecular flexibility index (Phi) is 4.78. The van der Waals surface area contributed by atoms with Crippen molar-refractivity contribution < 1.29 is 13.6 Å². The molecule has 0 heterocycles. The minimum absolute atomic E-state index is 0.219. The fourth-order valence-corrected chi connectivity index (χ4v) is 2.78. The van der Waals surface area contributed by atoms with E-state index in [9.17, 15) is 13.6 Å². The van der Waals surface area contributed by atoms with Gasteiger partial charge in [-0.3, -0.25) is 4.79 Å². The van der Waals surface area contributed by atoms with Crippen molar-refractivity contribution in [3.63, 3.8) is 0 Å². The first-order chi connectivity index (χ1) is 9.38. The van der Waals surface area contributed by atoms with Gasteiger partial charge in [0.25, 0.3) is 5.91 Å². The number of hydrogen-bond acceptors (Lipinski definition) is 1. The molecular formula is C13H6Br2ClF2NO. The third-order valence-electron chi connectivity index (χ3n) is 2.42. The van der Waals surface area contributed by atoms with Crippen LogP contribution in [0.25, 0.3) is 0 Å². The number of nitrogens with one attached hydrogen (secondary N) is 1. The second-order valence-electron chi connectivity index (χ2n) is 3.82. The van der Waals surface area contributed by atoms with Gasteiger partial charge in [-0.25, -0.2) is 8.78 Å². The lowest BCUT2D eigenvalue weighted by molar-refractivity contribution is 0.102. The van der Waals surface area contributed by atoms with E-state index in [0.29, 0.717) is 9.50 Å². The molecule has 0 unspecified atom stereocenters. The van der Waals surface area contributed by atoms with E-state index in [-0.39, 0.29) is 10.0 Å². The monoisotopic (exact) mass is 423 g/mol. The van der Waals surface area contributed by atoms with Crippen LogP contribution >= 0.6 is 43.5 Å². The molecule has 1 amide bonds. The fraction of sp³-hybridized carbons (Fsp3) is 0. The minimum Gasteiger partial charge on any atom is -0.317 e. The van der Waals surface area contributed by atoms with E-state index >= 15 is 0 Å². The van der Waals surface area contributed by atoms with Gasteiger partial charge in [0.15, 0.2) is 11.6 Å². The van der Waals surface area contributed by atoms with Crippen LogP contribution in [-0.4, -0.2) is 5.91 Å². The zero-order valence-electron chi connectivity index (χ0n) is 9.68. The summed E-state index contributed by atoms with van der Waals surface area (Å²) in [4.78, 5) is 12.0. The number of hydrogen-bond donors (Lipinski definition) is 1. The highest BCUT2D eigenvalue weighted by molar-refractivity contribution is 9.10. The van der Waals surface area contributed by atoms with E-state index in [2.05, 4.69) is 37.2 Å². The molecule has 2 aromatic rings. The molecule has 0 aliphatic heterocycles. The van der Waals surface area contributed by atoms with Gasteiger partial charge < -0.3 is 5.32 Å². The van der Waals surface area contributed by atoms with Gasteiger partial charge in [-0.05, 0) is 46.3 Å². The van der Waals surface area contributed by atoms with Crippen LogP contribution in [0, 0.1) is 11.6 Å². The average Bonchev–Trinajstić information content (AvgIpc) is 2.33. The second kappa shape index (κ2) is 6.20. The van der Waals surface area contributed by atoms with Crippen molar-refractivity contribution in [3.8, 4) is 0 Å². The Bertz CT molecular complexity index is 671. The van der Waals surface area contributed by atoms with Gasteiger partial charge in [0, 0.05) is 14.0 Å². The molecule has 0 saturated carbocycles. The summed E-state index contributed by atoms with van der Waals surface area (Å²) in [7, 11) is 0. The Morgan fingerprint density at radius 1 is 1.10 bits per heavy atom. The van der Waals surface area contributed by atoms with Gasteiger partial charge in [-0.1, -0.05) is 27.5 Å². The predicted octanol–water partition coefficient (Wildman–Crippen LogP) is 5.40. The van der Waals surface area contributed by atoms with E-state index in [4.69, 9.17) is 11.6 Å². The van der Waals surface area contributed by atoms with Gasteiger partial charge in [0.1, 0.15) is 5.69 Å². The number of carbonyl (C=O) groups excluding carboxylic acids is 1. The maximum absolute atomic E-state index is 13.6. The van der Waals surface area contributed by atoms with Crippen molar-refractivity contribution in [3.05, 3.63) is 61.5 Å². The first kappa shape index (κ1) is 15.4. The average molecular weight is 425 g/mol. The molecule has 0 saturated heterocycles. The van der Waals surface area contributed by atoms with Crippen molar-refractivity contribution >= 4 is 55.1 Å². The topological polar surface area (TPSA) is 29.1 Å². The molecule has 2 nitrogen and oxygen atoms in total. The largest absolute Gasteiger partial charge is 0.317 e. The molecule has 1 N–H and O–H groups in total. The maximum atomic E-state index is 13.6. The van der Waals surface area contributed by atoms with Crippen LogP contribution in [0.2, 0.25) is 5.02 Å². The summed E-state index contributed by atoms with van der Waals surface area (Å²) in [5.74, 6) is -2.38. The van der Waals surface area contributed by atoms with Crippen LogP contribution in [0.15, 0.2) is 39.3 Å². The Hall–Kier alpha value is -0.980. The van der Waals surface area contributed by atoms with Gasteiger partial charge >= 0.3 is 0 Å². The zero-order valence-corrected chi connectivity index (χ0v) is 13.6. The standard InChI is InChI=1S/C13H6Br2ClF2NO/c14-6-3-10(17)12(11(18)4-6)19-13(20)8-2-1-7(16)5-9(8)15/h1-5H,(H,19,20). The van der Waals surface area contributed by atoms with E-state index in [1.807, 2.05) is 0 Å². The number of carbonyl (C=O) groups is 1. The summed E-state index contributed by atoms with van der Waals surface area (Å²) in [6.45, 7) is 0. The molecule has 7 heteroatoms. The van der Waals surface area contributed by atoms with Crippen LogP contribution in [0.4, 0.5) is 14.5 Å². The second-order valence-corrected chi connectivity index (χ2v) is 6.03. The number of benzene rings is 2. The van der Waals surface area contributed by atoms with E-state index in [1.165, 1.54) is 18.2 Å². The number of amides is 1. The predicted molar refractivity (Wildman–Crippen MR) is 81.2 cm³/mol. The Morgan fingerprint density at radius 2 is 1.70 bits per heavy atom. The summed E-state index contributed by atoms with van der Waals surface area (Å²) >= 11 is 11.9. The van der Waals surface area contributed by atoms with Gasteiger partial charge in [-0.15, -0.1) is 0 Å². The highest BCUT2D eigenvalue weighted by Gasteiger charge is 2.16. The van der Waals surface area contributed by atoms with Crippen LogP contribution in [-0.2, 0) is 0 Å². The van der Waals surface area contributed by atoms with Crippen molar-refractivity contribution in [1.82, 2.24) is 0 Å². The van der Waals surface area contributed by atoms with Crippen molar-refractivity contribution in [1.29, 1.82) is 0 Å². The van der Waals surface area contributed by atoms with Crippen LogP contribution in [0.3, 0.4) is 0 Å². The lowest BCUT2D eigenvalue weighted by atomic mass is 10.2. The van der Waals surface area contributed by atoms with Crippen LogP contribution < -0.4 is 5.32 Å². The maximum Gasteiger partial charge on any atom is 0.256 e. The van der Waals surface area contributed by atoms with Crippen LogP contribution in [0.5, 0.6) is 0 Å². The third kappa shape index (κ3) is 3.37. The zero-order chi connectivity index (χ0) is 14.9. The molecule has 2 aromatic carbocycles. The molecule has 0 atom stereocenters. The Labute approximate surface area is 135 Å². The molecule has 2 rings (SSSR count). The molecule has 0 aliphatic carbocycles. The molecule has 0 aromatic heterocycles. The number of rotatable bonds is 2. The van der Waals surface area contributed by atoms with Crippen molar-refractivity contribution in [2.24, 2.45) is 0 Å². The molecule has 0 radical (unpaired) electrons. The first-order valence-electron chi connectivity index (χ1n) is 5.29. The molecule has 0 aliphatic rings. The van der Waals surface area contributed by atoms with E-state index in [1.54, 1.807) is 0 Å². The number of halogens is 5. The summed E-state index contributed by atoms with van der Waals surface area (Å²) in [5, 5.41) is 2.64. The summed E-state index contributed by atoms with van der Waals surface area (Å²) < 4.78 is 27.9. The summed E-state index contributed by atoms with van der Waals surface area (Å²) in [6, 6.07) is 6.61. The molecule has 0 spiro atoms. The molecular weight excluding hydrogens is 419 g/mol. The molecule has 20 heavy (non-hydrogen) atoms. The van der Waals surface area contributed by atoms with Crippen LogP contribution in [0.1, 0.15) is 10.4 Å². The summed E-state index contributed by atoms with van der Waals surface area (Å²) in [5.41, 5.74) is -0.281. The fourth-order valence-electron chi connectivity index (χ4n) is 1.52. The third-order valence-corrected chi connectivity index (χ3v) is 3.77. The van der Waals surface area contributed by atoms with E-state index in [0.717, 1.165) is 12.1 Å². The van der Waals surface area contributed by atoms with Gasteiger partial charge in [-0.2, -0.15) is 0 Å². The van der Waals surface area contributed by atoms with Gasteiger partial charge in [0.05, 0.1) is 5.56 Å². The normalized spacial score (nSPS) is 10.4. The minimum atomic E-state index is -0.865. The highest BCUT2D eigenvalue weighted by Crippen LogP contribution is 2.26. The highest BCUT2D eigenvalue weighted by atomic mass is 79.9. The lowest BCUT2D eigenvalue weighted by Crippen LogP contribution is -2.15. The summed E-state index contributed by atoms with van der Waals surface area (Å²) in [6.07, 6.45) is 0. The lowest BCUT2D eigenvalue weighted by Gasteiger charge is -2.09. The Balaban J connectivity index is 2.33. The first-order valence-corrected chi connectivity index (χ1v) is 7.26. The van der Waals surface area contributed by atoms with Crippen molar-refractivity contribution in [2.45, 2.75) is 0 Å². The smallest absolute Gasteiger partial charge is 0.256 e. The van der Waals surface area contributed by atoms with Crippen molar-refractivity contribution in [2.75, 3.05) is 5.32 Å². The molecule has 104 valence electrons. The quantitative estimate of drug-likeness (QED) is 0.686. The molecule has 0 fully saturated rings. The molecule has 0 bridgehead atoms. The SMILES string of the molecule is O=C(Nc1c(F)cc(Br)cc1F)c1ccc(Cl)cc1Br. The van der Waals surface area contributed by atoms with Gasteiger partial charge in [0.2, 0.25) is 0 Å².